The molecule has 1 heterocycles. The highest BCUT2D eigenvalue weighted by molar-refractivity contribution is 7.12. The van der Waals surface area contributed by atoms with Crippen molar-refractivity contribution in [2.24, 2.45) is 5.41 Å². The number of nitrogens with one attached hydrogen (secondary N) is 1. The van der Waals surface area contributed by atoms with Gasteiger partial charge in [-0.15, -0.1) is 11.3 Å². The van der Waals surface area contributed by atoms with Crippen molar-refractivity contribution in [2.75, 3.05) is 12.3 Å². The molecule has 19 heavy (non-hydrogen) atoms. The standard InChI is InChI=1S/C14H22N2O2S/c1-13(2)4-6-14(18,7-5-13)9-16-12(17)11-10(15)3-8-19-11/h3,8,18H,4-7,9,15H2,1-2H3,(H,16,17). The lowest BCUT2D eigenvalue weighted by Gasteiger charge is -2.40. The molecule has 0 atom stereocenters. The summed E-state index contributed by atoms with van der Waals surface area (Å²) in [6, 6.07) is 1.72. The molecule has 1 aliphatic carbocycles. The van der Waals surface area contributed by atoms with E-state index >= 15 is 0 Å². The van der Waals surface area contributed by atoms with E-state index in [0.717, 1.165) is 25.7 Å². The Kier molecular flexibility index (Phi) is 3.87. The molecule has 5 heteroatoms. The van der Waals surface area contributed by atoms with E-state index in [1.807, 2.05) is 0 Å². The highest BCUT2D eigenvalue weighted by atomic mass is 32.1. The van der Waals surface area contributed by atoms with Crippen molar-refractivity contribution in [3.05, 3.63) is 16.3 Å². The molecule has 0 spiro atoms. The van der Waals surface area contributed by atoms with Crippen LogP contribution >= 0.6 is 11.3 Å². The Morgan fingerprint density at radius 3 is 2.58 bits per heavy atom. The van der Waals surface area contributed by atoms with Crippen LogP contribution in [0.1, 0.15) is 49.2 Å². The maximum atomic E-state index is 11.9. The van der Waals surface area contributed by atoms with Gasteiger partial charge in [-0.25, -0.2) is 0 Å². The lowest BCUT2D eigenvalue weighted by molar-refractivity contribution is -0.0232. The number of nitrogens with two attached hydrogens (primary N) is 1. The molecule has 4 N–H and O–H groups in total. The zero-order chi connectivity index (χ0) is 14.1. The molecule has 0 unspecified atom stereocenters. The van der Waals surface area contributed by atoms with Gasteiger partial charge in [0.1, 0.15) is 4.88 Å². The highest BCUT2D eigenvalue weighted by Gasteiger charge is 2.36. The van der Waals surface area contributed by atoms with Gasteiger partial charge in [0.25, 0.3) is 5.91 Å². The van der Waals surface area contributed by atoms with Gasteiger partial charge in [-0.2, -0.15) is 0 Å². The SMILES string of the molecule is CC1(C)CCC(O)(CNC(=O)c2sccc2N)CC1. The van der Waals surface area contributed by atoms with Crippen molar-refractivity contribution in [1.82, 2.24) is 5.32 Å². The van der Waals surface area contributed by atoms with Crippen molar-refractivity contribution in [2.45, 2.75) is 45.1 Å². The smallest absolute Gasteiger partial charge is 0.263 e. The van der Waals surface area contributed by atoms with Gasteiger partial charge in [0.05, 0.1) is 11.3 Å². The molecule has 1 fully saturated rings. The Bertz CT molecular complexity index is 458. The van der Waals surface area contributed by atoms with Crippen molar-refractivity contribution in [3.8, 4) is 0 Å². The molecule has 0 radical (unpaired) electrons. The van der Waals surface area contributed by atoms with Gasteiger partial charge >= 0.3 is 0 Å². The van der Waals surface area contributed by atoms with Crippen LogP contribution in [0.4, 0.5) is 5.69 Å². The van der Waals surface area contributed by atoms with E-state index in [0.29, 0.717) is 22.5 Å². The minimum atomic E-state index is -0.767. The first kappa shape index (κ1) is 14.3. The van der Waals surface area contributed by atoms with Gasteiger partial charge in [0.2, 0.25) is 0 Å². The Morgan fingerprint density at radius 2 is 2.05 bits per heavy atom. The second kappa shape index (κ2) is 5.13. The largest absolute Gasteiger partial charge is 0.397 e. The number of hydrogen-bond acceptors (Lipinski definition) is 4. The number of carbonyl (C=O) groups is 1. The van der Waals surface area contributed by atoms with Gasteiger partial charge in [-0.05, 0) is 42.5 Å². The average molecular weight is 282 g/mol. The quantitative estimate of drug-likeness (QED) is 0.797. The van der Waals surface area contributed by atoms with E-state index in [2.05, 4.69) is 19.2 Å². The van der Waals surface area contributed by atoms with Crippen LogP contribution in [0, 0.1) is 5.41 Å². The number of anilines is 1. The predicted octanol–water partition coefficient (Wildman–Crippen LogP) is 2.39. The van der Waals surface area contributed by atoms with Crippen LogP contribution in [0.25, 0.3) is 0 Å². The Labute approximate surface area is 118 Å². The zero-order valence-corrected chi connectivity index (χ0v) is 12.3. The fourth-order valence-electron chi connectivity index (χ4n) is 2.40. The summed E-state index contributed by atoms with van der Waals surface area (Å²) in [6.45, 7) is 4.74. The molecule has 1 aromatic rings. The van der Waals surface area contributed by atoms with Crippen molar-refractivity contribution < 1.29 is 9.90 Å². The Balaban J connectivity index is 1.89. The van der Waals surface area contributed by atoms with Gasteiger partial charge in [0, 0.05) is 6.54 Å². The minimum Gasteiger partial charge on any atom is -0.397 e. The number of amides is 1. The van der Waals surface area contributed by atoms with E-state index < -0.39 is 5.60 Å². The third kappa shape index (κ3) is 3.48. The second-order valence-corrected chi connectivity index (χ2v) is 7.19. The first-order chi connectivity index (χ1) is 8.81. The molecule has 2 rings (SSSR count). The number of rotatable bonds is 3. The molecule has 106 valence electrons. The average Bonchev–Trinajstić information content (AvgIpc) is 2.77. The number of nitrogen functional groups attached to an aromatic ring is 1. The molecule has 1 amide bonds. The van der Waals surface area contributed by atoms with Gasteiger partial charge < -0.3 is 16.2 Å². The molecule has 0 aliphatic heterocycles. The number of aliphatic hydroxyl groups is 1. The molecule has 1 aliphatic rings. The molecule has 0 saturated heterocycles. The topological polar surface area (TPSA) is 75.3 Å². The summed E-state index contributed by atoms with van der Waals surface area (Å²) in [5.41, 5.74) is 5.74. The summed E-state index contributed by atoms with van der Waals surface area (Å²) in [5, 5.41) is 15.1. The monoisotopic (exact) mass is 282 g/mol. The first-order valence-corrected chi connectivity index (χ1v) is 7.53. The van der Waals surface area contributed by atoms with Crippen LogP contribution in [0.5, 0.6) is 0 Å². The Morgan fingerprint density at radius 1 is 1.42 bits per heavy atom. The second-order valence-electron chi connectivity index (χ2n) is 6.28. The van der Waals surface area contributed by atoms with E-state index in [-0.39, 0.29) is 5.91 Å². The zero-order valence-electron chi connectivity index (χ0n) is 11.5. The van der Waals surface area contributed by atoms with E-state index in [4.69, 9.17) is 5.73 Å². The normalized spacial score (nSPS) is 21.0. The van der Waals surface area contributed by atoms with Crippen molar-refractivity contribution >= 4 is 22.9 Å². The Hall–Kier alpha value is -1.07. The molecule has 0 bridgehead atoms. The summed E-state index contributed by atoms with van der Waals surface area (Å²) >= 11 is 1.32. The van der Waals surface area contributed by atoms with Gasteiger partial charge in [-0.3, -0.25) is 4.79 Å². The van der Waals surface area contributed by atoms with Crippen molar-refractivity contribution in [1.29, 1.82) is 0 Å². The number of carbonyl (C=O) groups excluding carboxylic acids is 1. The molecular formula is C14H22N2O2S. The predicted molar refractivity (Wildman–Crippen MR) is 78.3 cm³/mol. The molecule has 0 aromatic carbocycles. The molecule has 1 saturated carbocycles. The number of thiophene rings is 1. The van der Waals surface area contributed by atoms with E-state index in [1.165, 1.54) is 11.3 Å². The van der Waals surface area contributed by atoms with Crippen LogP contribution < -0.4 is 11.1 Å². The molecule has 1 aromatic heterocycles. The molecule has 4 nitrogen and oxygen atoms in total. The number of hydrogen-bond donors (Lipinski definition) is 3. The first-order valence-electron chi connectivity index (χ1n) is 6.65. The fraction of sp³-hybridized carbons (Fsp3) is 0.643. The van der Waals surface area contributed by atoms with Crippen LogP contribution in [0.15, 0.2) is 11.4 Å². The van der Waals surface area contributed by atoms with Gasteiger partial charge in [0.15, 0.2) is 0 Å². The maximum Gasteiger partial charge on any atom is 0.263 e. The highest BCUT2D eigenvalue weighted by Crippen LogP contribution is 2.39. The van der Waals surface area contributed by atoms with Crippen LogP contribution in [0.2, 0.25) is 0 Å². The van der Waals surface area contributed by atoms with Gasteiger partial charge in [-0.1, -0.05) is 13.8 Å². The van der Waals surface area contributed by atoms with Crippen LogP contribution in [0.3, 0.4) is 0 Å². The van der Waals surface area contributed by atoms with Crippen LogP contribution in [-0.4, -0.2) is 23.2 Å². The fourth-order valence-corrected chi connectivity index (χ4v) is 3.13. The maximum absolute atomic E-state index is 11.9. The summed E-state index contributed by atoms with van der Waals surface area (Å²) in [5.74, 6) is -0.189. The minimum absolute atomic E-state index is 0.189. The third-order valence-electron chi connectivity index (χ3n) is 4.01. The van der Waals surface area contributed by atoms with Crippen LogP contribution in [-0.2, 0) is 0 Å². The van der Waals surface area contributed by atoms with Crippen molar-refractivity contribution in [3.63, 3.8) is 0 Å². The van der Waals surface area contributed by atoms with E-state index in [9.17, 15) is 9.90 Å². The summed E-state index contributed by atoms with van der Waals surface area (Å²) in [6.07, 6.45) is 3.45. The summed E-state index contributed by atoms with van der Waals surface area (Å²) < 4.78 is 0. The lowest BCUT2D eigenvalue weighted by atomic mass is 9.71. The summed E-state index contributed by atoms with van der Waals surface area (Å²) in [7, 11) is 0. The van der Waals surface area contributed by atoms with E-state index in [1.54, 1.807) is 11.4 Å². The lowest BCUT2D eigenvalue weighted by Crippen LogP contribution is -2.46. The summed E-state index contributed by atoms with van der Waals surface area (Å²) in [4.78, 5) is 12.5. The molecular weight excluding hydrogens is 260 g/mol. The third-order valence-corrected chi connectivity index (χ3v) is 4.94.